The summed E-state index contributed by atoms with van der Waals surface area (Å²) in [6.07, 6.45) is 1.08. The van der Waals surface area contributed by atoms with E-state index < -0.39 is 0 Å². The van der Waals surface area contributed by atoms with Crippen LogP contribution in [0, 0.1) is 0 Å². The molecule has 15 heavy (non-hydrogen) atoms. The van der Waals surface area contributed by atoms with Crippen molar-refractivity contribution in [2.24, 2.45) is 0 Å². The fourth-order valence-corrected chi connectivity index (χ4v) is 2.69. The van der Waals surface area contributed by atoms with Gasteiger partial charge in [0.1, 0.15) is 0 Å². The zero-order valence-corrected chi connectivity index (χ0v) is 11.3. The van der Waals surface area contributed by atoms with Gasteiger partial charge in [-0.25, -0.2) is 0 Å². The highest BCUT2D eigenvalue weighted by molar-refractivity contribution is 9.10. The van der Waals surface area contributed by atoms with Crippen LogP contribution in [0.15, 0.2) is 22.7 Å². The Bertz CT molecular complexity index is 356. The number of alkyl halides is 1. The van der Waals surface area contributed by atoms with E-state index in [1.807, 2.05) is 18.2 Å². The molecule has 1 aromatic carbocycles. The zero-order valence-electron chi connectivity index (χ0n) is 8.22. The van der Waals surface area contributed by atoms with Gasteiger partial charge in [-0.3, -0.25) is 4.90 Å². The summed E-state index contributed by atoms with van der Waals surface area (Å²) >= 11 is 15.6. The van der Waals surface area contributed by atoms with E-state index >= 15 is 0 Å². The van der Waals surface area contributed by atoms with E-state index in [0.717, 1.165) is 35.6 Å². The largest absolute Gasteiger partial charge is 0.298 e. The molecule has 0 aromatic heterocycles. The lowest BCUT2D eigenvalue weighted by atomic mass is 10.2. The highest BCUT2D eigenvalue weighted by atomic mass is 79.9. The second-order valence-corrected chi connectivity index (χ2v) is 5.76. The first-order valence-corrected chi connectivity index (χ1v) is 6.56. The third kappa shape index (κ3) is 3.10. The summed E-state index contributed by atoms with van der Waals surface area (Å²) < 4.78 is 1.12. The average molecular weight is 309 g/mol. The Balaban J connectivity index is 2.07. The van der Waals surface area contributed by atoms with Crippen LogP contribution in [0.1, 0.15) is 12.0 Å². The van der Waals surface area contributed by atoms with Crippen LogP contribution >= 0.6 is 39.1 Å². The number of halogens is 3. The highest BCUT2D eigenvalue weighted by Crippen LogP contribution is 2.24. The van der Waals surface area contributed by atoms with Crippen LogP contribution in [0.3, 0.4) is 0 Å². The molecule has 0 aliphatic carbocycles. The quantitative estimate of drug-likeness (QED) is 0.749. The lowest BCUT2D eigenvalue weighted by Gasteiger charge is -2.16. The first-order chi connectivity index (χ1) is 7.15. The van der Waals surface area contributed by atoms with Gasteiger partial charge in [-0.1, -0.05) is 27.5 Å². The first kappa shape index (κ1) is 11.7. The monoisotopic (exact) mass is 307 g/mol. The van der Waals surface area contributed by atoms with E-state index in [1.54, 1.807) is 0 Å². The highest BCUT2D eigenvalue weighted by Gasteiger charge is 2.20. The van der Waals surface area contributed by atoms with Gasteiger partial charge >= 0.3 is 0 Å². The lowest BCUT2D eigenvalue weighted by Crippen LogP contribution is -2.20. The third-order valence-corrected chi connectivity index (χ3v) is 3.98. The minimum absolute atomic E-state index is 0.308. The molecule has 1 heterocycles. The molecule has 1 unspecified atom stereocenters. The Morgan fingerprint density at radius 2 is 2.27 bits per heavy atom. The van der Waals surface area contributed by atoms with Gasteiger partial charge in [0.2, 0.25) is 0 Å². The molecule has 1 saturated heterocycles. The number of rotatable bonds is 2. The molecular formula is C11H12BrCl2N. The first-order valence-electron chi connectivity index (χ1n) is 4.95. The normalized spacial score (nSPS) is 22.2. The fourth-order valence-electron chi connectivity index (χ4n) is 1.83. The van der Waals surface area contributed by atoms with Crippen LogP contribution in [0.2, 0.25) is 5.02 Å². The van der Waals surface area contributed by atoms with Crippen molar-refractivity contribution in [1.29, 1.82) is 0 Å². The minimum Gasteiger partial charge on any atom is -0.298 e. The summed E-state index contributed by atoms with van der Waals surface area (Å²) in [5.41, 5.74) is 1.23. The molecule has 2 rings (SSSR count). The van der Waals surface area contributed by atoms with Crippen molar-refractivity contribution in [2.45, 2.75) is 18.3 Å². The van der Waals surface area contributed by atoms with Crippen molar-refractivity contribution < 1.29 is 0 Å². The molecule has 1 aliphatic heterocycles. The summed E-state index contributed by atoms with van der Waals surface area (Å²) in [6, 6.07) is 5.89. The van der Waals surface area contributed by atoms with Crippen LogP contribution in [0.5, 0.6) is 0 Å². The molecule has 1 aliphatic rings. The van der Waals surface area contributed by atoms with E-state index in [9.17, 15) is 0 Å². The molecule has 82 valence electrons. The number of hydrogen-bond acceptors (Lipinski definition) is 1. The van der Waals surface area contributed by atoms with E-state index in [-0.39, 0.29) is 0 Å². The van der Waals surface area contributed by atoms with Gasteiger partial charge in [-0.05, 0) is 36.7 Å². The molecule has 0 amide bonds. The maximum Gasteiger partial charge on any atom is 0.0475 e. The van der Waals surface area contributed by atoms with Crippen LogP contribution in [0.4, 0.5) is 0 Å². The predicted molar refractivity (Wildman–Crippen MR) is 68.7 cm³/mol. The standard InChI is InChI=1S/C11H12BrCl2N/c12-11-2-1-9(13)5-8(11)6-15-4-3-10(14)7-15/h1-2,5,10H,3-4,6-7H2. The number of likely N-dealkylation sites (tertiary alicyclic amines) is 1. The van der Waals surface area contributed by atoms with Crippen LogP contribution in [-0.2, 0) is 6.54 Å². The summed E-state index contributed by atoms with van der Waals surface area (Å²) in [5.74, 6) is 0. The van der Waals surface area contributed by atoms with Gasteiger partial charge in [0.05, 0.1) is 0 Å². The van der Waals surface area contributed by atoms with Crippen molar-refractivity contribution >= 4 is 39.1 Å². The summed E-state index contributed by atoms with van der Waals surface area (Å²) in [4.78, 5) is 2.36. The van der Waals surface area contributed by atoms with Crippen molar-refractivity contribution in [2.75, 3.05) is 13.1 Å². The Kier molecular flexibility index (Phi) is 3.94. The Morgan fingerprint density at radius 3 is 2.93 bits per heavy atom. The number of nitrogens with zero attached hydrogens (tertiary/aromatic N) is 1. The van der Waals surface area contributed by atoms with Gasteiger partial charge in [0.15, 0.2) is 0 Å². The molecular weight excluding hydrogens is 297 g/mol. The zero-order chi connectivity index (χ0) is 10.8. The van der Waals surface area contributed by atoms with Gasteiger partial charge < -0.3 is 0 Å². The smallest absolute Gasteiger partial charge is 0.0475 e. The van der Waals surface area contributed by atoms with E-state index in [2.05, 4.69) is 20.8 Å². The van der Waals surface area contributed by atoms with Gasteiger partial charge in [0, 0.05) is 28.0 Å². The molecule has 0 radical (unpaired) electrons. The molecule has 4 heteroatoms. The van der Waals surface area contributed by atoms with E-state index in [1.165, 1.54) is 5.56 Å². The third-order valence-electron chi connectivity index (χ3n) is 2.62. The molecule has 0 bridgehead atoms. The lowest BCUT2D eigenvalue weighted by molar-refractivity contribution is 0.331. The van der Waals surface area contributed by atoms with Crippen LogP contribution in [0.25, 0.3) is 0 Å². The molecule has 0 N–H and O–H groups in total. The van der Waals surface area contributed by atoms with Crippen molar-refractivity contribution in [3.63, 3.8) is 0 Å². The SMILES string of the molecule is Clc1ccc(Br)c(CN2CCC(Cl)C2)c1. The molecule has 1 aromatic rings. The second kappa shape index (κ2) is 5.05. The molecule has 0 spiro atoms. The molecule has 1 fully saturated rings. The number of hydrogen-bond donors (Lipinski definition) is 0. The predicted octanol–water partition coefficient (Wildman–Crippen LogP) is 3.92. The minimum atomic E-state index is 0.308. The van der Waals surface area contributed by atoms with Crippen molar-refractivity contribution in [1.82, 2.24) is 4.90 Å². The van der Waals surface area contributed by atoms with E-state index in [4.69, 9.17) is 23.2 Å². The van der Waals surface area contributed by atoms with Crippen LogP contribution < -0.4 is 0 Å². The Labute approximate surface area is 108 Å². The Hall–Kier alpha value is 0.240. The Morgan fingerprint density at radius 1 is 1.47 bits per heavy atom. The van der Waals surface area contributed by atoms with Gasteiger partial charge in [-0.15, -0.1) is 11.6 Å². The summed E-state index contributed by atoms with van der Waals surface area (Å²) in [5, 5.41) is 1.10. The maximum atomic E-state index is 6.06. The average Bonchev–Trinajstić information content (AvgIpc) is 2.58. The van der Waals surface area contributed by atoms with Gasteiger partial charge in [0.25, 0.3) is 0 Å². The maximum absolute atomic E-state index is 6.06. The summed E-state index contributed by atoms with van der Waals surface area (Å²) in [7, 11) is 0. The number of benzene rings is 1. The fraction of sp³-hybridized carbons (Fsp3) is 0.455. The summed E-state index contributed by atoms with van der Waals surface area (Å²) in [6.45, 7) is 2.97. The topological polar surface area (TPSA) is 3.24 Å². The molecule has 1 nitrogen and oxygen atoms in total. The van der Waals surface area contributed by atoms with E-state index in [0.29, 0.717) is 5.38 Å². The second-order valence-electron chi connectivity index (χ2n) is 3.86. The van der Waals surface area contributed by atoms with Crippen molar-refractivity contribution in [3.05, 3.63) is 33.3 Å². The molecule has 1 atom stereocenters. The van der Waals surface area contributed by atoms with Crippen LogP contribution in [-0.4, -0.2) is 23.4 Å². The van der Waals surface area contributed by atoms with Crippen molar-refractivity contribution in [3.8, 4) is 0 Å². The molecule has 0 saturated carbocycles. The van der Waals surface area contributed by atoms with Gasteiger partial charge in [-0.2, -0.15) is 0 Å².